The van der Waals surface area contributed by atoms with Crippen LogP contribution >= 0.6 is 0 Å². The lowest BCUT2D eigenvalue weighted by molar-refractivity contribution is -0.384. The van der Waals surface area contributed by atoms with Crippen LogP contribution in [0.15, 0.2) is 51.7 Å². The molecule has 1 aliphatic rings. The number of benzene rings is 2. The maximum atomic E-state index is 12.4. The van der Waals surface area contributed by atoms with Crippen molar-refractivity contribution in [2.24, 2.45) is 0 Å². The van der Waals surface area contributed by atoms with E-state index in [1.54, 1.807) is 12.1 Å². The molecule has 0 radical (unpaired) electrons. The van der Waals surface area contributed by atoms with E-state index in [0.717, 1.165) is 29.4 Å². The average Bonchev–Trinajstić information content (AvgIpc) is 3.03. The van der Waals surface area contributed by atoms with Gasteiger partial charge in [0.2, 0.25) is 5.91 Å². The predicted molar refractivity (Wildman–Crippen MR) is 105 cm³/mol. The molecule has 1 aromatic heterocycles. The maximum Gasteiger partial charge on any atom is 0.420 e. The monoisotopic (exact) mass is 398 g/mol. The third kappa shape index (κ3) is 3.97. The number of anilines is 2. The Kier molecular flexibility index (Phi) is 5.00. The summed E-state index contributed by atoms with van der Waals surface area (Å²) in [7, 11) is 0. The van der Waals surface area contributed by atoms with Gasteiger partial charge in [0.25, 0.3) is 5.69 Å². The third-order valence-electron chi connectivity index (χ3n) is 4.69. The van der Waals surface area contributed by atoms with Crippen LogP contribution in [0.5, 0.6) is 0 Å². The lowest BCUT2D eigenvalue weighted by Gasteiger charge is -2.28. The number of nitro benzene ring substituents is 1. The van der Waals surface area contributed by atoms with Crippen molar-refractivity contribution in [2.75, 3.05) is 36.5 Å². The highest BCUT2D eigenvalue weighted by atomic mass is 16.6. The molecule has 10 nitrogen and oxygen atoms in total. The Morgan fingerprint density at radius 1 is 1.14 bits per heavy atom. The number of oxazole rings is 1. The SMILES string of the molecule is O=C(Cn1c(=O)oc2cc([N+](=O)[O-])ccc21)Nc1ccc(N2CCOCC2)cc1. The van der Waals surface area contributed by atoms with E-state index in [2.05, 4.69) is 10.2 Å². The zero-order valence-corrected chi connectivity index (χ0v) is 15.4. The van der Waals surface area contributed by atoms with E-state index in [0.29, 0.717) is 24.4 Å². The third-order valence-corrected chi connectivity index (χ3v) is 4.69. The Bertz CT molecular complexity index is 1110. The average molecular weight is 398 g/mol. The molecule has 0 bridgehead atoms. The number of non-ortho nitro benzene ring substituents is 1. The highest BCUT2D eigenvalue weighted by molar-refractivity contribution is 5.91. The fraction of sp³-hybridized carbons (Fsp3) is 0.263. The molecule has 1 saturated heterocycles. The second-order valence-electron chi connectivity index (χ2n) is 6.56. The fourth-order valence-corrected chi connectivity index (χ4v) is 3.24. The first kappa shape index (κ1) is 18.7. The number of fused-ring (bicyclic) bond motifs is 1. The van der Waals surface area contributed by atoms with Crippen LogP contribution in [0.4, 0.5) is 17.1 Å². The van der Waals surface area contributed by atoms with Crippen LogP contribution in [0.25, 0.3) is 11.1 Å². The van der Waals surface area contributed by atoms with Crippen molar-refractivity contribution in [3.8, 4) is 0 Å². The first-order valence-electron chi connectivity index (χ1n) is 9.02. The lowest BCUT2D eigenvalue weighted by Crippen LogP contribution is -2.36. The summed E-state index contributed by atoms with van der Waals surface area (Å²) in [5, 5.41) is 13.6. The summed E-state index contributed by atoms with van der Waals surface area (Å²) in [6.45, 7) is 2.75. The molecule has 2 heterocycles. The number of ether oxygens (including phenoxy) is 1. The summed E-state index contributed by atoms with van der Waals surface area (Å²) in [4.78, 5) is 36.9. The molecule has 29 heavy (non-hydrogen) atoms. The quantitative estimate of drug-likeness (QED) is 0.515. The van der Waals surface area contributed by atoms with Crippen LogP contribution in [0.2, 0.25) is 0 Å². The minimum atomic E-state index is -0.752. The van der Waals surface area contributed by atoms with Gasteiger partial charge in [-0.2, -0.15) is 0 Å². The van der Waals surface area contributed by atoms with E-state index < -0.39 is 16.6 Å². The zero-order valence-electron chi connectivity index (χ0n) is 15.4. The van der Waals surface area contributed by atoms with Crippen molar-refractivity contribution in [3.63, 3.8) is 0 Å². The van der Waals surface area contributed by atoms with E-state index in [9.17, 15) is 19.7 Å². The van der Waals surface area contributed by atoms with Gasteiger partial charge < -0.3 is 19.4 Å². The van der Waals surface area contributed by atoms with Gasteiger partial charge in [-0.05, 0) is 30.3 Å². The Labute approximate surface area is 164 Å². The van der Waals surface area contributed by atoms with Crippen molar-refractivity contribution in [1.29, 1.82) is 0 Å². The normalized spacial score (nSPS) is 14.1. The van der Waals surface area contributed by atoms with Crippen LogP contribution in [-0.2, 0) is 16.1 Å². The zero-order chi connectivity index (χ0) is 20.4. The molecule has 1 aliphatic heterocycles. The van der Waals surface area contributed by atoms with E-state index in [4.69, 9.17) is 9.15 Å². The molecule has 1 amide bonds. The highest BCUT2D eigenvalue weighted by Gasteiger charge is 2.16. The largest absolute Gasteiger partial charge is 0.420 e. The second kappa shape index (κ2) is 7.76. The van der Waals surface area contributed by atoms with Gasteiger partial charge in [0.15, 0.2) is 5.58 Å². The Morgan fingerprint density at radius 3 is 2.55 bits per heavy atom. The Hall–Kier alpha value is -3.66. The number of hydrogen-bond donors (Lipinski definition) is 1. The summed E-state index contributed by atoms with van der Waals surface area (Å²) in [6.07, 6.45) is 0. The van der Waals surface area contributed by atoms with Gasteiger partial charge >= 0.3 is 5.76 Å². The topological polar surface area (TPSA) is 120 Å². The predicted octanol–water partition coefficient (Wildman–Crippen LogP) is 1.98. The molecule has 150 valence electrons. The fourth-order valence-electron chi connectivity index (χ4n) is 3.24. The summed E-state index contributed by atoms with van der Waals surface area (Å²) in [5.41, 5.74) is 1.84. The molecule has 0 aliphatic carbocycles. The van der Waals surface area contributed by atoms with Gasteiger partial charge in [0.05, 0.1) is 29.7 Å². The first-order valence-corrected chi connectivity index (χ1v) is 9.02. The molecular formula is C19H18N4O6. The molecule has 0 atom stereocenters. The van der Waals surface area contributed by atoms with E-state index in [-0.39, 0.29) is 17.8 Å². The van der Waals surface area contributed by atoms with Crippen molar-refractivity contribution < 1.29 is 18.9 Å². The van der Waals surface area contributed by atoms with Crippen LogP contribution < -0.4 is 16.0 Å². The standard InChI is InChI=1S/C19H18N4O6/c24-18(20-13-1-3-14(4-2-13)21-7-9-28-10-8-21)12-22-16-6-5-15(23(26)27)11-17(16)29-19(22)25/h1-6,11H,7-10,12H2,(H,20,24). The van der Waals surface area contributed by atoms with Crippen LogP contribution in [0.1, 0.15) is 0 Å². The Balaban J connectivity index is 1.46. The molecular weight excluding hydrogens is 380 g/mol. The summed E-state index contributed by atoms with van der Waals surface area (Å²) in [5.74, 6) is -1.16. The lowest BCUT2D eigenvalue weighted by atomic mass is 10.2. The summed E-state index contributed by atoms with van der Waals surface area (Å²) >= 11 is 0. The molecule has 0 spiro atoms. The van der Waals surface area contributed by atoms with E-state index in [1.807, 2.05) is 12.1 Å². The number of morpholine rings is 1. The molecule has 4 rings (SSSR count). The van der Waals surface area contributed by atoms with Crippen molar-refractivity contribution in [3.05, 3.63) is 63.1 Å². The number of hydrogen-bond acceptors (Lipinski definition) is 7. The van der Waals surface area contributed by atoms with Gasteiger partial charge in [-0.15, -0.1) is 0 Å². The number of carbonyl (C=O) groups is 1. The Morgan fingerprint density at radius 2 is 1.86 bits per heavy atom. The minimum absolute atomic E-state index is 0.0619. The second-order valence-corrected chi connectivity index (χ2v) is 6.56. The molecule has 3 aromatic rings. The molecule has 0 saturated carbocycles. The summed E-state index contributed by atoms with van der Waals surface area (Å²) < 4.78 is 11.5. The smallest absolute Gasteiger partial charge is 0.407 e. The van der Waals surface area contributed by atoms with Crippen LogP contribution in [-0.4, -0.2) is 41.7 Å². The van der Waals surface area contributed by atoms with Gasteiger partial charge in [0, 0.05) is 30.5 Å². The molecule has 1 N–H and O–H groups in total. The van der Waals surface area contributed by atoms with Crippen LogP contribution in [0, 0.1) is 10.1 Å². The number of aromatic nitrogens is 1. The highest BCUT2D eigenvalue weighted by Crippen LogP contribution is 2.21. The maximum absolute atomic E-state index is 12.4. The number of nitro groups is 1. The van der Waals surface area contributed by atoms with Crippen molar-refractivity contribution in [1.82, 2.24) is 4.57 Å². The molecule has 2 aromatic carbocycles. The number of amides is 1. The van der Waals surface area contributed by atoms with Gasteiger partial charge in [-0.1, -0.05) is 0 Å². The van der Waals surface area contributed by atoms with Crippen molar-refractivity contribution in [2.45, 2.75) is 6.54 Å². The molecule has 0 unspecified atom stereocenters. The van der Waals surface area contributed by atoms with Crippen LogP contribution in [0.3, 0.4) is 0 Å². The minimum Gasteiger partial charge on any atom is -0.407 e. The molecule has 1 fully saturated rings. The summed E-state index contributed by atoms with van der Waals surface area (Å²) in [6, 6.07) is 11.2. The molecule has 10 heteroatoms. The van der Waals surface area contributed by atoms with Crippen molar-refractivity contribution >= 4 is 34.1 Å². The van der Waals surface area contributed by atoms with E-state index >= 15 is 0 Å². The van der Waals surface area contributed by atoms with E-state index in [1.165, 1.54) is 12.1 Å². The first-order chi connectivity index (χ1) is 14.0. The van der Waals surface area contributed by atoms with Gasteiger partial charge in [-0.3, -0.25) is 19.5 Å². The van der Waals surface area contributed by atoms with Gasteiger partial charge in [-0.25, -0.2) is 4.79 Å². The number of rotatable bonds is 5. The number of carbonyl (C=O) groups excluding carboxylic acids is 1. The van der Waals surface area contributed by atoms with Gasteiger partial charge in [0.1, 0.15) is 6.54 Å². The number of nitrogens with zero attached hydrogens (tertiary/aromatic N) is 3. The number of nitrogens with one attached hydrogen (secondary N) is 1.